The number of oxazole rings is 1. The van der Waals surface area contributed by atoms with E-state index in [2.05, 4.69) is 20.9 Å². The van der Waals surface area contributed by atoms with Gasteiger partial charge in [0.2, 0.25) is 6.29 Å². The SMILES string of the molecule is O=Cc1nc2cccc(Br)c2o1. The number of benzene rings is 1. The molecule has 0 aliphatic rings. The first-order valence-electron chi connectivity index (χ1n) is 3.31. The molecule has 0 bridgehead atoms. The fourth-order valence-electron chi connectivity index (χ4n) is 0.983. The van der Waals surface area contributed by atoms with Crippen LogP contribution < -0.4 is 0 Å². The van der Waals surface area contributed by atoms with Gasteiger partial charge in [0.25, 0.3) is 5.89 Å². The van der Waals surface area contributed by atoms with Gasteiger partial charge in [0.15, 0.2) is 5.58 Å². The molecule has 0 radical (unpaired) electrons. The molecule has 60 valence electrons. The number of halogens is 1. The molecular formula is C8H4BrNO2. The van der Waals surface area contributed by atoms with Crippen molar-refractivity contribution in [1.29, 1.82) is 0 Å². The maximum atomic E-state index is 10.3. The normalized spacial score (nSPS) is 10.4. The molecule has 0 saturated heterocycles. The number of hydrogen-bond donors (Lipinski definition) is 0. The quantitative estimate of drug-likeness (QED) is 0.701. The summed E-state index contributed by atoms with van der Waals surface area (Å²) in [5, 5.41) is 0. The Kier molecular flexibility index (Phi) is 1.69. The van der Waals surface area contributed by atoms with Crippen molar-refractivity contribution in [3.8, 4) is 0 Å². The molecule has 0 aliphatic heterocycles. The number of aromatic nitrogens is 1. The maximum Gasteiger partial charge on any atom is 0.260 e. The first-order valence-corrected chi connectivity index (χ1v) is 4.11. The van der Waals surface area contributed by atoms with E-state index in [1.165, 1.54) is 0 Å². The van der Waals surface area contributed by atoms with Crippen LogP contribution in [0.1, 0.15) is 10.7 Å². The van der Waals surface area contributed by atoms with E-state index in [0.29, 0.717) is 17.4 Å². The lowest BCUT2D eigenvalue weighted by Crippen LogP contribution is -1.74. The third-order valence-corrected chi connectivity index (χ3v) is 2.11. The van der Waals surface area contributed by atoms with E-state index >= 15 is 0 Å². The van der Waals surface area contributed by atoms with Gasteiger partial charge in [-0.15, -0.1) is 0 Å². The fraction of sp³-hybridized carbons (Fsp3) is 0. The summed E-state index contributed by atoms with van der Waals surface area (Å²) in [5.41, 5.74) is 1.30. The smallest absolute Gasteiger partial charge is 0.260 e. The molecule has 0 amide bonds. The monoisotopic (exact) mass is 225 g/mol. The van der Waals surface area contributed by atoms with Gasteiger partial charge in [-0.05, 0) is 28.1 Å². The largest absolute Gasteiger partial charge is 0.433 e. The summed E-state index contributed by atoms with van der Waals surface area (Å²) in [6.45, 7) is 0. The highest BCUT2D eigenvalue weighted by Crippen LogP contribution is 2.23. The lowest BCUT2D eigenvalue weighted by atomic mass is 10.3. The topological polar surface area (TPSA) is 43.1 Å². The van der Waals surface area contributed by atoms with Crippen LogP contribution in [0.5, 0.6) is 0 Å². The van der Waals surface area contributed by atoms with Gasteiger partial charge in [0.05, 0.1) is 4.47 Å². The van der Waals surface area contributed by atoms with Crippen LogP contribution in [0.3, 0.4) is 0 Å². The van der Waals surface area contributed by atoms with Gasteiger partial charge >= 0.3 is 0 Å². The molecule has 2 rings (SSSR count). The van der Waals surface area contributed by atoms with Crippen molar-refractivity contribution in [2.75, 3.05) is 0 Å². The molecular weight excluding hydrogens is 222 g/mol. The molecule has 2 aromatic rings. The Labute approximate surface area is 76.5 Å². The van der Waals surface area contributed by atoms with Crippen LogP contribution in [0.15, 0.2) is 27.1 Å². The highest BCUT2D eigenvalue weighted by atomic mass is 79.9. The third-order valence-electron chi connectivity index (χ3n) is 1.48. The highest BCUT2D eigenvalue weighted by Gasteiger charge is 2.06. The molecule has 1 heterocycles. The highest BCUT2D eigenvalue weighted by molar-refractivity contribution is 9.10. The zero-order valence-electron chi connectivity index (χ0n) is 5.95. The molecule has 1 aromatic carbocycles. The Morgan fingerprint density at radius 2 is 2.33 bits per heavy atom. The number of fused-ring (bicyclic) bond motifs is 1. The van der Waals surface area contributed by atoms with Crippen LogP contribution in [0, 0.1) is 0 Å². The number of para-hydroxylation sites is 1. The summed E-state index contributed by atoms with van der Waals surface area (Å²) in [6.07, 6.45) is 0.590. The van der Waals surface area contributed by atoms with Crippen molar-refractivity contribution in [2.45, 2.75) is 0 Å². The lowest BCUT2D eigenvalue weighted by Gasteiger charge is -1.87. The van der Waals surface area contributed by atoms with Gasteiger partial charge in [0, 0.05) is 0 Å². The minimum absolute atomic E-state index is 0.108. The molecule has 0 aliphatic carbocycles. The van der Waals surface area contributed by atoms with E-state index in [-0.39, 0.29) is 5.89 Å². The van der Waals surface area contributed by atoms with Crippen LogP contribution in [0.2, 0.25) is 0 Å². The van der Waals surface area contributed by atoms with Gasteiger partial charge in [-0.25, -0.2) is 4.98 Å². The molecule has 0 spiro atoms. The summed E-state index contributed by atoms with van der Waals surface area (Å²) in [5.74, 6) is 0.108. The van der Waals surface area contributed by atoms with Crippen LogP contribution in [0.25, 0.3) is 11.1 Å². The minimum Gasteiger partial charge on any atom is -0.433 e. The number of carbonyl (C=O) groups is 1. The second kappa shape index (κ2) is 2.71. The summed E-state index contributed by atoms with van der Waals surface area (Å²) < 4.78 is 5.93. The van der Waals surface area contributed by atoms with Crippen molar-refractivity contribution >= 4 is 33.3 Å². The first-order chi connectivity index (χ1) is 5.81. The zero-order chi connectivity index (χ0) is 8.55. The van der Waals surface area contributed by atoms with E-state index in [1.54, 1.807) is 6.07 Å². The standard InChI is InChI=1S/C8H4BrNO2/c9-5-2-1-3-6-8(5)12-7(4-11)10-6/h1-4H. The molecule has 0 saturated carbocycles. The summed E-state index contributed by atoms with van der Waals surface area (Å²) in [6, 6.07) is 5.46. The van der Waals surface area contributed by atoms with Gasteiger partial charge in [-0.1, -0.05) is 6.07 Å². The Hall–Kier alpha value is -1.16. The lowest BCUT2D eigenvalue weighted by molar-refractivity contribution is 0.109. The molecule has 12 heavy (non-hydrogen) atoms. The fourth-order valence-corrected chi connectivity index (χ4v) is 1.42. The van der Waals surface area contributed by atoms with E-state index in [9.17, 15) is 4.79 Å². The maximum absolute atomic E-state index is 10.3. The van der Waals surface area contributed by atoms with E-state index in [4.69, 9.17) is 4.42 Å². The van der Waals surface area contributed by atoms with Crippen LogP contribution in [0.4, 0.5) is 0 Å². The van der Waals surface area contributed by atoms with Gasteiger partial charge in [-0.2, -0.15) is 0 Å². The van der Waals surface area contributed by atoms with E-state index in [1.807, 2.05) is 12.1 Å². The molecule has 0 atom stereocenters. The predicted octanol–water partition coefficient (Wildman–Crippen LogP) is 2.40. The molecule has 0 N–H and O–H groups in total. The number of aldehydes is 1. The number of nitrogens with zero attached hydrogens (tertiary/aromatic N) is 1. The second-order valence-corrected chi connectivity index (χ2v) is 3.11. The zero-order valence-corrected chi connectivity index (χ0v) is 7.54. The molecule has 3 nitrogen and oxygen atoms in total. The molecule has 1 aromatic heterocycles. The van der Waals surface area contributed by atoms with Crippen molar-refractivity contribution < 1.29 is 9.21 Å². The van der Waals surface area contributed by atoms with Crippen molar-refractivity contribution in [3.63, 3.8) is 0 Å². The average Bonchev–Trinajstić information content (AvgIpc) is 2.49. The Balaban J connectivity index is 2.82. The van der Waals surface area contributed by atoms with Gasteiger partial charge in [-0.3, -0.25) is 4.79 Å². The van der Waals surface area contributed by atoms with E-state index in [0.717, 1.165) is 4.47 Å². The van der Waals surface area contributed by atoms with Crippen LogP contribution >= 0.6 is 15.9 Å². The third kappa shape index (κ3) is 1.04. The first kappa shape index (κ1) is 7.49. The Morgan fingerprint density at radius 3 is 3.00 bits per heavy atom. The van der Waals surface area contributed by atoms with Crippen LogP contribution in [-0.2, 0) is 0 Å². The molecule has 4 heteroatoms. The van der Waals surface area contributed by atoms with Crippen molar-refractivity contribution in [2.24, 2.45) is 0 Å². The van der Waals surface area contributed by atoms with Crippen molar-refractivity contribution in [1.82, 2.24) is 4.98 Å². The van der Waals surface area contributed by atoms with E-state index < -0.39 is 0 Å². The minimum atomic E-state index is 0.108. The average molecular weight is 226 g/mol. The van der Waals surface area contributed by atoms with Gasteiger partial charge in [0.1, 0.15) is 5.52 Å². The summed E-state index contributed by atoms with van der Waals surface area (Å²) in [4.78, 5) is 14.2. The molecule has 0 fully saturated rings. The second-order valence-electron chi connectivity index (χ2n) is 2.26. The Bertz CT molecular complexity index is 436. The number of hydrogen-bond acceptors (Lipinski definition) is 3. The Morgan fingerprint density at radius 1 is 1.50 bits per heavy atom. The molecule has 0 unspecified atom stereocenters. The van der Waals surface area contributed by atoms with Crippen molar-refractivity contribution in [3.05, 3.63) is 28.6 Å². The number of carbonyl (C=O) groups excluding carboxylic acids is 1. The number of rotatable bonds is 1. The van der Waals surface area contributed by atoms with Crippen LogP contribution in [-0.4, -0.2) is 11.3 Å². The summed E-state index contributed by atoms with van der Waals surface area (Å²) >= 11 is 3.29. The van der Waals surface area contributed by atoms with Gasteiger partial charge < -0.3 is 4.42 Å². The summed E-state index contributed by atoms with van der Waals surface area (Å²) in [7, 11) is 0. The predicted molar refractivity (Wildman–Crippen MR) is 47.1 cm³/mol.